The van der Waals surface area contributed by atoms with E-state index in [1.807, 2.05) is 25.2 Å². The molecule has 4 aliphatic rings. The molecule has 17 nitrogen and oxygen atoms in total. The van der Waals surface area contributed by atoms with E-state index in [9.17, 15) is 14.4 Å². The van der Waals surface area contributed by atoms with Gasteiger partial charge in [0.2, 0.25) is 5.91 Å². The van der Waals surface area contributed by atoms with Crippen molar-refractivity contribution >= 4 is 41.5 Å². The third kappa shape index (κ3) is 13.1. The van der Waals surface area contributed by atoms with Gasteiger partial charge in [-0.3, -0.25) is 24.4 Å². The van der Waals surface area contributed by atoms with Gasteiger partial charge in [-0.05, 0) is 67.8 Å². The van der Waals surface area contributed by atoms with Crippen LogP contribution in [0.5, 0.6) is 23.0 Å². The number of nitrogens with one attached hydrogen (secondary N) is 3. The van der Waals surface area contributed by atoms with Gasteiger partial charge in [-0.25, -0.2) is 0 Å². The van der Waals surface area contributed by atoms with Gasteiger partial charge < -0.3 is 58.7 Å². The van der Waals surface area contributed by atoms with Gasteiger partial charge in [0, 0.05) is 49.6 Å². The first-order valence-electron chi connectivity index (χ1n) is 22.7. The van der Waals surface area contributed by atoms with Gasteiger partial charge in [-0.1, -0.05) is 36.1 Å². The van der Waals surface area contributed by atoms with Crippen molar-refractivity contribution in [2.24, 2.45) is 9.98 Å². The minimum Gasteiger partial charge on any atom is -0.493 e. The molecule has 68 heavy (non-hydrogen) atoms. The van der Waals surface area contributed by atoms with Crippen LogP contribution in [0.15, 0.2) is 76.8 Å². The van der Waals surface area contributed by atoms with Gasteiger partial charge >= 0.3 is 0 Å². The number of carbonyl (C=O) groups is 3. The molecule has 7 rings (SSSR count). The van der Waals surface area contributed by atoms with Crippen LogP contribution in [0.25, 0.3) is 0 Å². The summed E-state index contributed by atoms with van der Waals surface area (Å²) in [4.78, 5) is 50.5. The third-order valence-electron chi connectivity index (χ3n) is 11.5. The molecule has 1 unspecified atom stereocenters. The van der Waals surface area contributed by atoms with Crippen molar-refractivity contribution in [3.63, 3.8) is 0 Å². The number of carbonyl (C=O) groups excluding carboxylic acids is 3. The first-order chi connectivity index (χ1) is 33.1. The largest absolute Gasteiger partial charge is 0.493 e. The van der Waals surface area contributed by atoms with E-state index in [4.69, 9.17) is 37.9 Å². The molecule has 1 aliphatic carbocycles. The molecule has 3 aliphatic heterocycles. The number of ether oxygens (including phenoxy) is 8. The Bertz CT molecular complexity index is 2470. The van der Waals surface area contributed by atoms with E-state index in [0.717, 1.165) is 28.8 Å². The number of hydrogen-bond acceptors (Lipinski definition) is 14. The maximum Gasteiger partial charge on any atom is 0.257 e. The number of amides is 3. The van der Waals surface area contributed by atoms with Gasteiger partial charge in [0.1, 0.15) is 13.2 Å². The molecule has 3 N–H and O–H groups in total. The molecule has 1 saturated heterocycles. The number of fused-ring (bicyclic) bond motifs is 3. The second-order valence-corrected chi connectivity index (χ2v) is 16.7. The molecule has 360 valence electrons. The van der Waals surface area contributed by atoms with Crippen molar-refractivity contribution < 1.29 is 52.3 Å². The van der Waals surface area contributed by atoms with Crippen molar-refractivity contribution in [2.75, 3.05) is 93.8 Å². The maximum absolute atomic E-state index is 13.6. The monoisotopic (exact) mass is 932 g/mol. The Morgan fingerprint density at radius 1 is 0.779 bits per heavy atom. The fourth-order valence-electron chi connectivity index (χ4n) is 8.06. The Morgan fingerprint density at radius 3 is 2.00 bits per heavy atom. The van der Waals surface area contributed by atoms with Gasteiger partial charge in [0.25, 0.3) is 11.8 Å². The highest BCUT2D eigenvalue weighted by Crippen LogP contribution is 2.42. The number of hydrogen-bond donors (Lipinski definition) is 3. The smallest absolute Gasteiger partial charge is 0.257 e. The summed E-state index contributed by atoms with van der Waals surface area (Å²) < 4.78 is 46.0. The van der Waals surface area contributed by atoms with Crippen molar-refractivity contribution in [2.45, 2.75) is 50.5 Å². The second-order valence-electron chi connectivity index (χ2n) is 16.7. The summed E-state index contributed by atoms with van der Waals surface area (Å²) in [7, 11) is 4.91. The van der Waals surface area contributed by atoms with E-state index in [-0.39, 0.29) is 56.5 Å². The molecule has 1 spiro atoms. The molecule has 3 aromatic rings. The lowest BCUT2D eigenvalue weighted by Gasteiger charge is -2.40. The molecular weight excluding hydrogens is 873 g/mol. The fraction of sp³-hybridized carbons (Fsp3) is 0.431. The average Bonchev–Trinajstić information content (AvgIpc) is 3.58. The van der Waals surface area contributed by atoms with E-state index in [0.29, 0.717) is 123 Å². The maximum atomic E-state index is 13.6. The first-order valence-corrected chi connectivity index (χ1v) is 22.7. The molecule has 2 fully saturated rings. The highest BCUT2D eigenvalue weighted by atomic mass is 16.6. The van der Waals surface area contributed by atoms with Crippen molar-refractivity contribution in [1.29, 1.82) is 0 Å². The third-order valence-corrected chi connectivity index (χ3v) is 11.5. The minimum absolute atomic E-state index is 0.100. The van der Waals surface area contributed by atoms with Crippen LogP contribution in [-0.4, -0.2) is 140 Å². The van der Waals surface area contributed by atoms with E-state index in [1.54, 1.807) is 41.6 Å². The summed E-state index contributed by atoms with van der Waals surface area (Å²) in [6.45, 7) is 13.3. The topological polar surface area (TPSA) is 189 Å². The quantitative estimate of drug-likeness (QED) is 0.0619. The van der Waals surface area contributed by atoms with Gasteiger partial charge in [0.05, 0.1) is 108 Å². The van der Waals surface area contributed by atoms with E-state index in [2.05, 4.69) is 50.9 Å². The van der Waals surface area contributed by atoms with Crippen LogP contribution < -0.4 is 34.9 Å². The zero-order valence-corrected chi connectivity index (χ0v) is 39.0. The highest BCUT2D eigenvalue weighted by Gasteiger charge is 2.42. The number of rotatable bonds is 24. The van der Waals surface area contributed by atoms with Crippen LogP contribution in [0.2, 0.25) is 0 Å². The molecule has 0 aromatic heterocycles. The zero-order valence-electron chi connectivity index (χ0n) is 39.0. The van der Waals surface area contributed by atoms with Crippen molar-refractivity contribution in [3.8, 4) is 34.8 Å². The summed E-state index contributed by atoms with van der Waals surface area (Å²) in [6, 6.07) is 12.3. The number of aliphatic imine (C=N–C) groups is 2. The summed E-state index contributed by atoms with van der Waals surface area (Å²) in [6.07, 6.45) is 5.67. The molecule has 1 atom stereocenters. The lowest BCUT2D eigenvalue weighted by atomic mass is 9.74. The molecular formula is C51H60N6O11. The van der Waals surface area contributed by atoms with Gasteiger partial charge in [-0.2, -0.15) is 0 Å². The number of benzene rings is 3. The summed E-state index contributed by atoms with van der Waals surface area (Å²) in [5, 5.41) is 8.93. The molecule has 3 heterocycles. The lowest BCUT2D eigenvalue weighted by molar-refractivity contribution is -0.122. The summed E-state index contributed by atoms with van der Waals surface area (Å²) in [5.74, 6) is 7.19. The molecule has 3 aromatic carbocycles. The Hall–Kier alpha value is -6.55. The standard InChI is InChI=1S/C51H60N6O11/c1-34-19-39-29-54-43-26-47(45(62-5)24-41(43)50(60)57(39)30-34)68-32-38-21-36(7-6-9-53-48(58)8-11-63-13-15-65-17-18-66-16-14-64-12-10-52-3)20-37(22-38)31-67-46-25-42-40(23-44(46)61-4)49(59)56-51(33-55-42)27-35(2)28-51/h20-26,29,33,39,52H,1-2,8-19,27-28,30-32H2,3-5H3,(H,53,58)(H,56,59). The first kappa shape index (κ1) is 49.4. The van der Waals surface area contributed by atoms with Crippen LogP contribution >= 0.6 is 0 Å². The summed E-state index contributed by atoms with van der Waals surface area (Å²) in [5.41, 5.74) is 5.42. The summed E-state index contributed by atoms with van der Waals surface area (Å²) >= 11 is 0. The van der Waals surface area contributed by atoms with Crippen molar-refractivity contribution in [1.82, 2.24) is 20.9 Å². The van der Waals surface area contributed by atoms with Crippen LogP contribution in [0, 0.1) is 11.8 Å². The molecule has 1 saturated carbocycles. The lowest BCUT2D eigenvalue weighted by Crippen LogP contribution is -2.55. The average molecular weight is 933 g/mol. The Kier molecular flexibility index (Phi) is 17.4. The molecule has 0 bridgehead atoms. The normalized spacial score (nSPS) is 16.4. The van der Waals surface area contributed by atoms with E-state index in [1.165, 1.54) is 14.2 Å². The molecule has 17 heteroatoms. The number of nitrogens with zero attached hydrogens (tertiary/aromatic N) is 3. The Morgan fingerprint density at radius 2 is 1.38 bits per heavy atom. The van der Waals surface area contributed by atoms with E-state index >= 15 is 0 Å². The Balaban J connectivity index is 0.983. The fourth-order valence-corrected chi connectivity index (χ4v) is 8.06. The predicted octanol–water partition coefficient (Wildman–Crippen LogP) is 5.03. The second kappa shape index (κ2) is 23.9. The van der Waals surface area contributed by atoms with Crippen LogP contribution in [0.3, 0.4) is 0 Å². The Labute approximate surface area is 397 Å². The van der Waals surface area contributed by atoms with E-state index < -0.39 is 5.54 Å². The zero-order chi connectivity index (χ0) is 47.9. The van der Waals surface area contributed by atoms with Crippen LogP contribution in [0.4, 0.5) is 11.4 Å². The SMILES string of the molecule is C=C1CC2C=Nc3cc(OCc4cc(C#CCNC(=O)CCOCCOCCOCCOCCNC)cc(COc5cc6c(cc5OC)C(=O)NC5(C=N6)CC(=C)C5)c4)c(OC)cc3C(=O)N2C1. The minimum atomic E-state index is -0.548. The van der Waals surface area contributed by atoms with Crippen LogP contribution in [-0.2, 0) is 37.0 Å². The van der Waals surface area contributed by atoms with Crippen molar-refractivity contribution in [3.05, 3.63) is 94.6 Å². The molecule has 0 radical (unpaired) electrons. The van der Waals surface area contributed by atoms with Crippen LogP contribution in [0.1, 0.15) is 63.1 Å². The van der Waals surface area contributed by atoms with Gasteiger partial charge in [0.15, 0.2) is 23.0 Å². The molecule has 3 amide bonds. The highest BCUT2D eigenvalue weighted by molar-refractivity contribution is 6.05. The predicted molar refractivity (Wildman–Crippen MR) is 256 cm³/mol. The number of likely N-dealkylation sites (N-methyl/N-ethyl adjacent to an activating group) is 1. The van der Waals surface area contributed by atoms with Gasteiger partial charge in [-0.15, -0.1) is 0 Å². The number of methoxy groups -OCH3 is 2.